The summed E-state index contributed by atoms with van der Waals surface area (Å²) < 4.78 is 13.1. The first-order valence-electron chi connectivity index (χ1n) is 6.13. The highest BCUT2D eigenvalue weighted by atomic mass is 32.2. The number of hydrogen-bond acceptors (Lipinski definition) is 3. The van der Waals surface area contributed by atoms with E-state index in [1.54, 1.807) is 0 Å². The van der Waals surface area contributed by atoms with Crippen molar-refractivity contribution in [2.75, 3.05) is 11.5 Å². The van der Waals surface area contributed by atoms with Gasteiger partial charge >= 0.3 is 0 Å². The van der Waals surface area contributed by atoms with Crippen LogP contribution in [-0.4, -0.2) is 11.7 Å². The van der Waals surface area contributed by atoms with Crippen molar-refractivity contribution in [2.45, 2.75) is 11.4 Å². The predicted molar refractivity (Wildman–Crippen MR) is 79.8 cm³/mol. The third-order valence-corrected chi connectivity index (χ3v) is 3.74. The van der Waals surface area contributed by atoms with Crippen LogP contribution < -0.4 is 11.1 Å². The fourth-order valence-corrected chi connectivity index (χ4v) is 2.44. The van der Waals surface area contributed by atoms with Gasteiger partial charge in [-0.25, -0.2) is 4.39 Å². The maximum absolute atomic E-state index is 13.1. The van der Waals surface area contributed by atoms with Gasteiger partial charge in [-0.15, -0.1) is 11.8 Å². The van der Waals surface area contributed by atoms with Gasteiger partial charge in [0.1, 0.15) is 5.82 Å². The molecule has 2 rings (SSSR count). The van der Waals surface area contributed by atoms with Gasteiger partial charge in [0.05, 0.1) is 5.75 Å². The second-order valence-corrected chi connectivity index (χ2v) is 5.25. The molecule has 0 heterocycles. The average molecular weight is 290 g/mol. The van der Waals surface area contributed by atoms with E-state index in [0.717, 1.165) is 5.56 Å². The van der Waals surface area contributed by atoms with Gasteiger partial charge < -0.3 is 11.1 Å². The zero-order valence-electron chi connectivity index (χ0n) is 10.8. The number of carbonyl (C=O) groups excluding carboxylic acids is 1. The zero-order valence-corrected chi connectivity index (χ0v) is 11.6. The van der Waals surface area contributed by atoms with Gasteiger partial charge in [0, 0.05) is 17.1 Å². The summed E-state index contributed by atoms with van der Waals surface area (Å²) in [5.74, 6) is -0.255. The van der Waals surface area contributed by atoms with E-state index in [1.165, 1.54) is 30.0 Å². The van der Waals surface area contributed by atoms with E-state index in [0.29, 0.717) is 17.1 Å². The van der Waals surface area contributed by atoms with Crippen LogP contribution in [0.25, 0.3) is 0 Å². The molecule has 0 atom stereocenters. The summed E-state index contributed by atoms with van der Waals surface area (Å²) in [5, 5.41) is 2.81. The maximum Gasteiger partial charge on any atom is 0.230 e. The van der Waals surface area contributed by atoms with E-state index in [2.05, 4.69) is 5.32 Å². The number of anilines is 1. The SMILES string of the molecule is Nc1ccc(F)cc1SCC(=O)NCc1ccccc1. The van der Waals surface area contributed by atoms with Crippen LogP contribution in [0.5, 0.6) is 0 Å². The maximum atomic E-state index is 13.1. The van der Waals surface area contributed by atoms with Crippen molar-refractivity contribution >= 4 is 23.4 Å². The van der Waals surface area contributed by atoms with Crippen LogP contribution in [0.4, 0.5) is 10.1 Å². The smallest absolute Gasteiger partial charge is 0.230 e. The Kier molecular flexibility index (Phi) is 5.01. The van der Waals surface area contributed by atoms with Gasteiger partial charge in [0.15, 0.2) is 0 Å². The van der Waals surface area contributed by atoms with Crippen LogP contribution in [0.2, 0.25) is 0 Å². The molecule has 3 N–H and O–H groups in total. The van der Waals surface area contributed by atoms with E-state index < -0.39 is 0 Å². The van der Waals surface area contributed by atoms with Crippen LogP contribution in [0.15, 0.2) is 53.4 Å². The van der Waals surface area contributed by atoms with Crippen LogP contribution in [0.1, 0.15) is 5.56 Å². The molecular formula is C15H15FN2OS. The van der Waals surface area contributed by atoms with Gasteiger partial charge in [-0.05, 0) is 23.8 Å². The minimum Gasteiger partial charge on any atom is -0.398 e. The topological polar surface area (TPSA) is 55.1 Å². The van der Waals surface area contributed by atoms with Crippen LogP contribution >= 0.6 is 11.8 Å². The lowest BCUT2D eigenvalue weighted by Gasteiger charge is -2.07. The van der Waals surface area contributed by atoms with E-state index >= 15 is 0 Å². The Morgan fingerprint density at radius 3 is 2.70 bits per heavy atom. The number of nitrogen functional groups attached to an aromatic ring is 1. The fraction of sp³-hybridized carbons (Fsp3) is 0.133. The van der Waals surface area contributed by atoms with E-state index in [4.69, 9.17) is 5.73 Å². The first kappa shape index (κ1) is 14.4. The average Bonchev–Trinajstić information content (AvgIpc) is 2.47. The molecule has 20 heavy (non-hydrogen) atoms. The van der Waals surface area contributed by atoms with Gasteiger partial charge in [-0.1, -0.05) is 30.3 Å². The number of carbonyl (C=O) groups is 1. The summed E-state index contributed by atoms with van der Waals surface area (Å²) in [7, 11) is 0. The Morgan fingerprint density at radius 2 is 1.95 bits per heavy atom. The summed E-state index contributed by atoms with van der Waals surface area (Å²) in [6.45, 7) is 0.485. The minimum atomic E-state index is -0.355. The molecule has 0 aromatic heterocycles. The number of rotatable bonds is 5. The second kappa shape index (κ2) is 6.96. The first-order chi connectivity index (χ1) is 9.65. The molecule has 0 fully saturated rings. The lowest BCUT2D eigenvalue weighted by atomic mass is 10.2. The van der Waals surface area contributed by atoms with Gasteiger partial charge in [0.2, 0.25) is 5.91 Å². The van der Waals surface area contributed by atoms with Crippen LogP contribution in [-0.2, 0) is 11.3 Å². The van der Waals surface area contributed by atoms with Crippen molar-refractivity contribution in [1.82, 2.24) is 5.32 Å². The van der Waals surface area contributed by atoms with E-state index in [-0.39, 0.29) is 17.5 Å². The Labute approximate surface area is 121 Å². The zero-order chi connectivity index (χ0) is 14.4. The number of halogens is 1. The summed E-state index contributed by atoms with van der Waals surface area (Å²) in [6.07, 6.45) is 0. The van der Waals surface area contributed by atoms with Gasteiger partial charge in [0.25, 0.3) is 0 Å². The molecule has 0 bridgehead atoms. The molecule has 2 aromatic rings. The molecule has 0 radical (unpaired) electrons. The molecule has 104 valence electrons. The van der Waals surface area contributed by atoms with Crippen molar-refractivity contribution in [2.24, 2.45) is 0 Å². The molecule has 3 nitrogen and oxygen atoms in total. The molecule has 0 unspecified atom stereocenters. The normalized spacial score (nSPS) is 10.2. The Bertz CT molecular complexity index is 590. The molecular weight excluding hydrogens is 275 g/mol. The van der Waals surface area contributed by atoms with Crippen molar-refractivity contribution in [3.05, 3.63) is 59.9 Å². The third-order valence-electron chi connectivity index (χ3n) is 2.67. The number of nitrogens with two attached hydrogens (primary N) is 1. The molecule has 1 amide bonds. The Morgan fingerprint density at radius 1 is 1.20 bits per heavy atom. The highest BCUT2D eigenvalue weighted by Gasteiger charge is 2.06. The summed E-state index contributed by atoms with van der Waals surface area (Å²) in [4.78, 5) is 12.3. The number of benzene rings is 2. The molecule has 5 heteroatoms. The largest absolute Gasteiger partial charge is 0.398 e. The minimum absolute atomic E-state index is 0.109. The number of nitrogens with one attached hydrogen (secondary N) is 1. The number of thioether (sulfide) groups is 1. The molecule has 0 saturated carbocycles. The highest BCUT2D eigenvalue weighted by Crippen LogP contribution is 2.25. The lowest BCUT2D eigenvalue weighted by Crippen LogP contribution is -2.24. The summed E-state index contributed by atoms with van der Waals surface area (Å²) in [5.41, 5.74) is 7.24. The van der Waals surface area contributed by atoms with Crippen LogP contribution in [0, 0.1) is 5.82 Å². The van der Waals surface area contributed by atoms with Crippen molar-refractivity contribution in [1.29, 1.82) is 0 Å². The van der Waals surface area contributed by atoms with Crippen molar-refractivity contribution in [3.8, 4) is 0 Å². The molecule has 0 aliphatic heterocycles. The van der Waals surface area contributed by atoms with E-state index in [1.807, 2.05) is 30.3 Å². The Hall–Kier alpha value is -2.01. The fourth-order valence-electron chi connectivity index (χ4n) is 1.62. The quantitative estimate of drug-likeness (QED) is 0.657. The van der Waals surface area contributed by atoms with Gasteiger partial charge in [-0.2, -0.15) is 0 Å². The van der Waals surface area contributed by atoms with Crippen LogP contribution in [0.3, 0.4) is 0 Å². The molecule has 0 saturated heterocycles. The molecule has 0 spiro atoms. The number of amides is 1. The van der Waals surface area contributed by atoms with Crippen molar-refractivity contribution < 1.29 is 9.18 Å². The molecule has 0 aliphatic rings. The molecule has 0 aliphatic carbocycles. The predicted octanol–water partition coefficient (Wildman–Crippen LogP) is 2.82. The molecule has 2 aromatic carbocycles. The lowest BCUT2D eigenvalue weighted by molar-refractivity contribution is -0.118. The first-order valence-corrected chi connectivity index (χ1v) is 7.12. The second-order valence-electron chi connectivity index (χ2n) is 4.23. The van der Waals surface area contributed by atoms with Crippen molar-refractivity contribution in [3.63, 3.8) is 0 Å². The number of hydrogen-bond donors (Lipinski definition) is 2. The third kappa shape index (κ3) is 4.28. The summed E-state index contributed by atoms with van der Waals surface area (Å²) in [6, 6.07) is 13.8. The summed E-state index contributed by atoms with van der Waals surface area (Å²) >= 11 is 1.23. The van der Waals surface area contributed by atoms with E-state index in [9.17, 15) is 9.18 Å². The monoisotopic (exact) mass is 290 g/mol. The van der Waals surface area contributed by atoms with Gasteiger partial charge in [-0.3, -0.25) is 4.79 Å². The standard InChI is InChI=1S/C15H15FN2OS/c16-12-6-7-13(17)14(8-12)20-10-15(19)18-9-11-4-2-1-3-5-11/h1-8H,9-10,17H2,(H,18,19). The Balaban J connectivity index is 1.82. The highest BCUT2D eigenvalue weighted by molar-refractivity contribution is 8.00.